The van der Waals surface area contributed by atoms with Gasteiger partial charge in [-0.15, -0.1) is 0 Å². The molecular formula is C19H19BrClNO3S2. The molecule has 0 amide bonds. The molecule has 144 valence electrons. The fourth-order valence-corrected chi connectivity index (χ4v) is 4.30. The van der Waals surface area contributed by atoms with Crippen LogP contribution in [0.15, 0.2) is 55.1 Å². The van der Waals surface area contributed by atoms with Crippen molar-refractivity contribution in [3.63, 3.8) is 0 Å². The minimum atomic E-state index is -1.39. The van der Waals surface area contributed by atoms with E-state index in [9.17, 15) is 9.00 Å². The van der Waals surface area contributed by atoms with Crippen molar-refractivity contribution in [3.05, 3.63) is 57.0 Å². The lowest BCUT2D eigenvalue weighted by molar-refractivity contribution is 0.0597. The lowest BCUT2D eigenvalue weighted by Crippen LogP contribution is -2.19. The summed E-state index contributed by atoms with van der Waals surface area (Å²) in [6, 6.07) is 10.8. The maximum atomic E-state index is 12.2. The predicted octanol–water partition coefficient (Wildman–Crippen LogP) is 5.92. The highest BCUT2D eigenvalue weighted by molar-refractivity contribution is 9.10. The number of carbonyl (C=O) groups is 1. The van der Waals surface area contributed by atoms with Gasteiger partial charge in [-0.25, -0.2) is 9.00 Å². The van der Waals surface area contributed by atoms with E-state index in [1.165, 1.54) is 18.9 Å². The van der Waals surface area contributed by atoms with E-state index in [4.69, 9.17) is 16.3 Å². The van der Waals surface area contributed by atoms with Gasteiger partial charge in [0, 0.05) is 26.0 Å². The highest BCUT2D eigenvalue weighted by Crippen LogP contribution is 2.40. The first-order valence-electron chi connectivity index (χ1n) is 7.94. The highest BCUT2D eigenvalue weighted by Gasteiger charge is 2.20. The molecule has 0 N–H and O–H groups in total. The smallest absolute Gasteiger partial charge is 0.339 e. The van der Waals surface area contributed by atoms with Gasteiger partial charge in [0.05, 0.1) is 22.4 Å². The summed E-state index contributed by atoms with van der Waals surface area (Å²) >= 11 is 11.3. The second-order valence-electron chi connectivity index (χ2n) is 6.47. The molecular weight excluding hydrogens is 470 g/mol. The van der Waals surface area contributed by atoms with Gasteiger partial charge in [0.25, 0.3) is 0 Å². The molecule has 0 saturated heterocycles. The molecule has 0 bridgehead atoms. The molecule has 0 aliphatic carbocycles. The molecule has 0 fully saturated rings. The summed E-state index contributed by atoms with van der Waals surface area (Å²) in [6.45, 7) is 5.58. The van der Waals surface area contributed by atoms with Gasteiger partial charge in [-0.3, -0.25) is 0 Å². The van der Waals surface area contributed by atoms with E-state index < -0.39 is 21.7 Å². The second kappa shape index (κ2) is 9.37. The van der Waals surface area contributed by atoms with Crippen molar-refractivity contribution < 1.29 is 13.7 Å². The van der Waals surface area contributed by atoms with Crippen LogP contribution in [-0.4, -0.2) is 28.2 Å². The first kappa shape index (κ1) is 22.1. The van der Waals surface area contributed by atoms with Gasteiger partial charge < -0.3 is 4.74 Å². The lowest BCUT2D eigenvalue weighted by atomic mass is 10.2. The van der Waals surface area contributed by atoms with Gasteiger partial charge in [-0.1, -0.05) is 41.6 Å². The van der Waals surface area contributed by atoms with Crippen molar-refractivity contribution in [2.24, 2.45) is 4.40 Å². The molecule has 0 saturated carbocycles. The van der Waals surface area contributed by atoms with Crippen LogP contribution in [0.1, 0.15) is 36.7 Å². The first-order valence-corrected chi connectivity index (χ1v) is 11.0. The van der Waals surface area contributed by atoms with E-state index in [2.05, 4.69) is 20.3 Å². The number of halogens is 2. The summed E-state index contributed by atoms with van der Waals surface area (Å²) in [5, 5.41) is 0.491. The zero-order chi connectivity index (χ0) is 20.2. The second-order valence-corrected chi connectivity index (χ2v) is 10.7. The van der Waals surface area contributed by atoms with Crippen molar-refractivity contribution in [2.75, 3.05) is 7.11 Å². The van der Waals surface area contributed by atoms with Crippen LogP contribution in [-0.2, 0) is 15.7 Å². The fraction of sp³-hybridized carbons (Fsp3) is 0.263. The number of ether oxygens (including phenoxy) is 1. The third-order valence-corrected chi connectivity index (χ3v) is 7.35. The van der Waals surface area contributed by atoms with Crippen LogP contribution in [0.5, 0.6) is 0 Å². The van der Waals surface area contributed by atoms with Gasteiger partial charge in [0.2, 0.25) is 0 Å². The summed E-state index contributed by atoms with van der Waals surface area (Å²) in [4.78, 5) is 13.5. The number of nitrogens with zero attached hydrogens (tertiary/aromatic N) is 1. The van der Waals surface area contributed by atoms with Gasteiger partial charge in [0.15, 0.2) is 0 Å². The minimum Gasteiger partial charge on any atom is -0.465 e. The van der Waals surface area contributed by atoms with Crippen molar-refractivity contribution in [1.82, 2.24) is 0 Å². The molecule has 27 heavy (non-hydrogen) atoms. The van der Waals surface area contributed by atoms with Gasteiger partial charge in [-0.2, -0.15) is 4.40 Å². The highest BCUT2D eigenvalue weighted by atomic mass is 79.9. The SMILES string of the molecule is COC(=O)c1ccccc1Sc1c(C=NS(=O)C(C)(C)C)ccc(Br)c1Cl. The van der Waals surface area contributed by atoms with Crippen molar-refractivity contribution in [1.29, 1.82) is 0 Å². The summed E-state index contributed by atoms with van der Waals surface area (Å²) in [5.41, 5.74) is 1.16. The number of benzene rings is 2. The maximum Gasteiger partial charge on any atom is 0.339 e. The van der Waals surface area contributed by atoms with Crippen LogP contribution in [0.4, 0.5) is 0 Å². The molecule has 2 rings (SSSR count). The van der Waals surface area contributed by atoms with Crippen molar-refractivity contribution in [2.45, 2.75) is 35.3 Å². The van der Waals surface area contributed by atoms with Crippen molar-refractivity contribution >= 4 is 62.5 Å². The van der Waals surface area contributed by atoms with Crippen LogP contribution in [0.2, 0.25) is 5.02 Å². The van der Waals surface area contributed by atoms with Crippen LogP contribution >= 0.6 is 39.3 Å². The van der Waals surface area contributed by atoms with E-state index in [0.29, 0.717) is 25.9 Å². The third kappa shape index (κ3) is 5.67. The molecule has 0 radical (unpaired) electrons. The Hall–Kier alpha value is -1.15. The molecule has 8 heteroatoms. The molecule has 2 aromatic carbocycles. The zero-order valence-electron chi connectivity index (χ0n) is 15.3. The van der Waals surface area contributed by atoms with E-state index in [1.807, 2.05) is 39.0 Å². The predicted molar refractivity (Wildman–Crippen MR) is 117 cm³/mol. The average Bonchev–Trinajstić information content (AvgIpc) is 2.63. The normalized spacial score (nSPS) is 13.0. The third-order valence-electron chi connectivity index (χ3n) is 3.40. The molecule has 4 nitrogen and oxygen atoms in total. The maximum absolute atomic E-state index is 12.2. The molecule has 0 aromatic heterocycles. The van der Waals surface area contributed by atoms with Crippen molar-refractivity contribution in [3.8, 4) is 0 Å². The standard InChI is InChI=1S/C19H19BrClNO3S2/c1-19(2,3)27(24)22-11-12-9-10-14(20)16(21)17(12)26-15-8-6-5-7-13(15)18(23)25-4/h5-11H,1-4H3. The summed E-state index contributed by atoms with van der Waals surface area (Å²) in [7, 11) is -0.0434. The number of hydrogen-bond donors (Lipinski definition) is 0. The Balaban J connectivity index is 2.49. The van der Waals surface area contributed by atoms with E-state index >= 15 is 0 Å². The molecule has 2 aromatic rings. The van der Waals surface area contributed by atoms with Gasteiger partial charge in [0.1, 0.15) is 11.0 Å². The monoisotopic (exact) mass is 487 g/mol. The minimum absolute atomic E-state index is 0.423. The molecule has 0 spiro atoms. The zero-order valence-corrected chi connectivity index (χ0v) is 19.3. The van der Waals surface area contributed by atoms with Gasteiger partial charge in [-0.05, 0) is 54.9 Å². The number of hydrogen-bond acceptors (Lipinski definition) is 4. The molecule has 1 unspecified atom stereocenters. The number of esters is 1. The Bertz CT molecular complexity index is 910. The topological polar surface area (TPSA) is 55.7 Å². The molecule has 0 aliphatic rings. The number of methoxy groups -OCH3 is 1. The lowest BCUT2D eigenvalue weighted by Gasteiger charge is -2.14. The number of carbonyl (C=O) groups excluding carboxylic acids is 1. The number of rotatable bonds is 5. The first-order chi connectivity index (χ1) is 12.6. The van der Waals surface area contributed by atoms with Crippen LogP contribution < -0.4 is 0 Å². The molecule has 1 atom stereocenters. The Kier molecular flexibility index (Phi) is 7.68. The summed E-state index contributed by atoms with van der Waals surface area (Å²) in [5.74, 6) is -0.423. The Morgan fingerprint density at radius 2 is 1.93 bits per heavy atom. The Morgan fingerprint density at radius 1 is 1.26 bits per heavy atom. The summed E-state index contributed by atoms with van der Waals surface area (Å²) in [6.07, 6.45) is 1.56. The fourth-order valence-electron chi connectivity index (χ4n) is 1.96. The van der Waals surface area contributed by atoms with E-state index in [0.717, 1.165) is 4.47 Å². The van der Waals surface area contributed by atoms with Gasteiger partial charge >= 0.3 is 5.97 Å². The Morgan fingerprint density at radius 3 is 2.56 bits per heavy atom. The molecule has 0 aliphatic heterocycles. The average molecular weight is 489 g/mol. The van der Waals surface area contributed by atoms with Crippen LogP contribution in [0, 0.1) is 0 Å². The van der Waals surface area contributed by atoms with E-state index in [1.54, 1.807) is 24.4 Å². The van der Waals surface area contributed by atoms with Crippen LogP contribution in [0.3, 0.4) is 0 Å². The van der Waals surface area contributed by atoms with E-state index in [-0.39, 0.29) is 0 Å². The Labute approximate surface area is 179 Å². The van der Waals surface area contributed by atoms with Crippen LogP contribution in [0.25, 0.3) is 0 Å². The summed E-state index contributed by atoms with van der Waals surface area (Å²) < 4.78 is 21.5. The molecule has 0 heterocycles. The largest absolute Gasteiger partial charge is 0.465 e. The quantitative estimate of drug-likeness (QED) is 0.387.